The van der Waals surface area contributed by atoms with Crippen molar-refractivity contribution >= 4 is 28.1 Å². The fraction of sp³-hybridized carbons (Fsp3) is 0.273. The van der Waals surface area contributed by atoms with Gasteiger partial charge >= 0.3 is 5.97 Å². The monoisotopic (exact) mass is 301 g/mol. The number of aliphatic imine (C=N–C) groups is 1. The number of nitrogens with zero attached hydrogens (tertiary/aromatic N) is 1. The topological polar surface area (TPSA) is 79.1 Å². The maximum absolute atomic E-state index is 11.3. The molecular weight excluding hydrogens is 290 g/mol. The van der Waals surface area contributed by atoms with Crippen molar-refractivity contribution < 1.29 is 19.7 Å². The van der Waals surface area contributed by atoms with Gasteiger partial charge in [-0.15, -0.1) is 0 Å². The van der Waals surface area contributed by atoms with Crippen LogP contribution < -0.4 is 0 Å². The number of benzene rings is 1. The van der Waals surface area contributed by atoms with Crippen molar-refractivity contribution in [2.45, 2.75) is 0 Å². The lowest BCUT2D eigenvalue weighted by Crippen LogP contribution is -2.02. The Morgan fingerprint density at radius 1 is 1.59 bits per heavy atom. The molecule has 0 aliphatic heterocycles. The van der Waals surface area contributed by atoms with Gasteiger partial charge in [0.1, 0.15) is 5.75 Å². The Bertz CT molecular complexity index is 445. The molecule has 92 valence electrons. The van der Waals surface area contributed by atoms with Crippen molar-refractivity contribution in [3.05, 3.63) is 27.7 Å². The number of hydrogen-bond donors (Lipinski definition) is 2. The van der Waals surface area contributed by atoms with Crippen molar-refractivity contribution in [2.75, 3.05) is 20.3 Å². The van der Waals surface area contributed by atoms with Crippen molar-refractivity contribution in [3.8, 4) is 5.75 Å². The Kier molecular flexibility index (Phi) is 5.11. The zero-order chi connectivity index (χ0) is 12.8. The van der Waals surface area contributed by atoms with Gasteiger partial charge in [0.05, 0.1) is 30.3 Å². The largest absolute Gasteiger partial charge is 0.506 e. The number of aromatic hydroxyl groups is 1. The normalized spacial score (nSPS) is 10.8. The van der Waals surface area contributed by atoms with Crippen LogP contribution >= 0.6 is 15.9 Å². The number of aliphatic hydroxyl groups excluding tert-OH is 1. The molecule has 5 nitrogen and oxygen atoms in total. The highest BCUT2D eigenvalue weighted by molar-refractivity contribution is 9.10. The quantitative estimate of drug-likeness (QED) is 0.650. The number of esters is 1. The van der Waals surface area contributed by atoms with Gasteiger partial charge in [-0.05, 0) is 28.1 Å². The zero-order valence-corrected chi connectivity index (χ0v) is 10.8. The minimum atomic E-state index is -0.498. The number of phenolic OH excluding ortho intramolecular Hbond substituents is 1. The highest BCUT2D eigenvalue weighted by Gasteiger charge is 2.12. The van der Waals surface area contributed by atoms with E-state index in [0.717, 1.165) is 0 Å². The molecule has 0 aromatic heterocycles. The number of halogens is 1. The first-order valence-electron chi connectivity index (χ1n) is 4.81. The van der Waals surface area contributed by atoms with Gasteiger partial charge in [-0.1, -0.05) is 0 Å². The summed E-state index contributed by atoms with van der Waals surface area (Å²) in [5.74, 6) is -0.512. The summed E-state index contributed by atoms with van der Waals surface area (Å²) in [4.78, 5) is 15.2. The van der Waals surface area contributed by atoms with E-state index in [1.807, 2.05) is 0 Å². The van der Waals surface area contributed by atoms with E-state index < -0.39 is 5.97 Å². The third-order valence-electron chi connectivity index (χ3n) is 1.97. The summed E-state index contributed by atoms with van der Waals surface area (Å²) in [6, 6.07) is 2.93. The molecule has 1 rings (SSSR count). The Balaban J connectivity index is 3.11. The van der Waals surface area contributed by atoms with Crippen LogP contribution in [0, 0.1) is 0 Å². The number of carbonyl (C=O) groups excluding carboxylic acids is 1. The summed E-state index contributed by atoms with van der Waals surface area (Å²) in [5, 5.41) is 18.3. The van der Waals surface area contributed by atoms with Gasteiger partial charge in [0.25, 0.3) is 0 Å². The first-order valence-corrected chi connectivity index (χ1v) is 5.61. The average Bonchev–Trinajstić information content (AvgIpc) is 2.33. The summed E-state index contributed by atoms with van der Waals surface area (Å²) in [6.07, 6.45) is 1.39. The molecule has 0 bridgehead atoms. The average molecular weight is 302 g/mol. The lowest BCUT2D eigenvalue weighted by atomic mass is 10.1. The van der Waals surface area contributed by atoms with E-state index in [4.69, 9.17) is 5.11 Å². The van der Waals surface area contributed by atoms with Crippen LogP contribution in [0.5, 0.6) is 5.75 Å². The second-order valence-electron chi connectivity index (χ2n) is 3.15. The van der Waals surface area contributed by atoms with Crippen molar-refractivity contribution in [2.24, 2.45) is 4.99 Å². The van der Waals surface area contributed by atoms with Gasteiger partial charge < -0.3 is 14.9 Å². The molecule has 0 heterocycles. The lowest BCUT2D eigenvalue weighted by molar-refractivity contribution is 0.0600. The Labute approximate surface area is 107 Å². The number of aliphatic hydroxyl groups is 1. The van der Waals surface area contributed by atoms with E-state index in [1.54, 1.807) is 0 Å². The Morgan fingerprint density at radius 2 is 2.29 bits per heavy atom. The minimum absolute atomic E-state index is 0.0145. The minimum Gasteiger partial charge on any atom is -0.506 e. The maximum Gasteiger partial charge on any atom is 0.337 e. The van der Waals surface area contributed by atoms with E-state index in [9.17, 15) is 9.90 Å². The first kappa shape index (κ1) is 13.7. The standard InChI is InChI=1S/C11H12BrNO4/c1-17-11(16)7-4-8(6-13-2-3-14)10(15)9(12)5-7/h4-6,14-15H,2-3H2,1H3/b13-6+. The second-order valence-corrected chi connectivity index (χ2v) is 4.00. The molecule has 0 radical (unpaired) electrons. The highest BCUT2D eigenvalue weighted by atomic mass is 79.9. The molecule has 0 atom stereocenters. The molecule has 2 N–H and O–H groups in total. The maximum atomic E-state index is 11.3. The van der Waals surface area contributed by atoms with Crippen molar-refractivity contribution in [3.63, 3.8) is 0 Å². The van der Waals surface area contributed by atoms with Crippen molar-refractivity contribution in [1.82, 2.24) is 0 Å². The van der Waals surface area contributed by atoms with Gasteiger partial charge in [-0.25, -0.2) is 4.79 Å². The van der Waals surface area contributed by atoms with Crippen LogP contribution in [0.4, 0.5) is 0 Å². The van der Waals surface area contributed by atoms with E-state index in [1.165, 1.54) is 25.5 Å². The molecule has 0 unspecified atom stereocenters. The van der Waals surface area contributed by atoms with Crippen LogP contribution in [0.15, 0.2) is 21.6 Å². The molecule has 1 aromatic rings. The number of ether oxygens (including phenoxy) is 1. The van der Waals surface area contributed by atoms with Gasteiger partial charge in [0, 0.05) is 11.8 Å². The zero-order valence-electron chi connectivity index (χ0n) is 9.18. The fourth-order valence-corrected chi connectivity index (χ4v) is 1.65. The molecule has 0 spiro atoms. The van der Waals surface area contributed by atoms with Gasteiger partial charge in [0.15, 0.2) is 0 Å². The van der Waals surface area contributed by atoms with Gasteiger partial charge in [-0.2, -0.15) is 0 Å². The first-order chi connectivity index (χ1) is 8.10. The molecule has 0 saturated carbocycles. The van der Waals surface area contributed by atoms with E-state index >= 15 is 0 Å². The SMILES string of the molecule is COC(=O)c1cc(Br)c(O)c(/C=N/CCO)c1. The summed E-state index contributed by atoms with van der Waals surface area (Å²) in [7, 11) is 1.28. The number of hydrogen-bond acceptors (Lipinski definition) is 5. The Morgan fingerprint density at radius 3 is 2.88 bits per heavy atom. The predicted octanol–water partition coefficient (Wildman–Crippen LogP) is 1.35. The van der Waals surface area contributed by atoms with Gasteiger partial charge in [-0.3, -0.25) is 4.99 Å². The van der Waals surface area contributed by atoms with Crippen LogP contribution in [0.1, 0.15) is 15.9 Å². The van der Waals surface area contributed by atoms with Crippen molar-refractivity contribution in [1.29, 1.82) is 0 Å². The summed E-state index contributed by atoms with van der Waals surface area (Å²) in [6.45, 7) is 0.161. The number of carbonyl (C=O) groups is 1. The predicted molar refractivity (Wildman–Crippen MR) is 66.7 cm³/mol. The molecule has 1 aromatic carbocycles. The third kappa shape index (κ3) is 3.54. The number of rotatable bonds is 4. The molecular formula is C11H12BrNO4. The molecule has 0 aliphatic rings. The Hall–Kier alpha value is -1.40. The summed E-state index contributed by atoms with van der Waals surface area (Å²) in [5.41, 5.74) is 0.691. The number of methoxy groups -OCH3 is 1. The van der Waals surface area contributed by atoms with Gasteiger partial charge in [0.2, 0.25) is 0 Å². The molecule has 0 aliphatic carbocycles. The smallest absolute Gasteiger partial charge is 0.337 e. The summed E-state index contributed by atoms with van der Waals surface area (Å²) < 4.78 is 4.97. The van der Waals surface area contributed by atoms with Crippen LogP contribution in [-0.2, 0) is 4.74 Å². The molecule has 0 fully saturated rings. The summed E-state index contributed by atoms with van der Waals surface area (Å²) >= 11 is 3.13. The second kappa shape index (κ2) is 6.36. The molecule has 6 heteroatoms. The van der Waals surface area contributed by atoms with E-state index in [0.29, 0.717) is 15.6 Å². The number of phenols is 1. The van der Waals surface area contributed by atoms with E-state index in [-0.39, 0.29) is 18.9 Å². The van der Waals surface area contributed by atoms with Crippen LogP contribution in [-0.4, -0.2) is 42.7 Å². The van der Waals surface area contributed by atoms with Crippen LogP contribution in [0.25, 0.3) is 0 Å². The van der Waals surface area contributed by atoms with Crippen LogP contribution in [0.3, 0.4) is 0 Å². The third-order valence-corrected chi connectivity index (χ3v) is 2.58. The fourth-order valence-electron chi connectivity index (χ4n) is 1.18. The van der Waals surface area contributed by atoms with Crippen LogP contribution in [0.2, 0.25) is 0 Å². The molecule has 17 heavy (non-hydrogen) atoms. The highest BCUT2D eigenvalue weighted by Crippen LogP contribution is 2.28. The molecule has 0 saturated heterocycles. The lowest BCUT2D eigenvalue weighted by Gasteiger charge is -2.05. The molecule has 0 amide bonds. The van der Waals surface area contributed by atoms with E-state index in [2.05, 4.69) is 25.7 Å².